The molecule has 2 aromatic carbocycles. The van der Waals surface area contributed by atoms with E-state index in [1.807, 2.05) is 6.07 Å². The lowest BCUT2D eigenvalue weighted by atomic mass is 10.00. The number of fused-ring (bicyclic) bond motifs is 1. The molecule has 36 heavy (non-hydrogen) atoms. The smallest absolute Gasteiger partial charge is 0.220 e. The topological polar surface area (TPSA) is 88.1 Å². The predicted octanol–water partition coefficient (Wildman–Crippen LogP) is 4.04. The number of amides is 1. The molecule has 2 aliphatic heterocycles. The van der Waals surface area contributed by atoms with Gasteiger partial charge in [-0.1, -0.05) is 12.5 Å². The van der Waals surface area contributed by atoms with Crippen LogP contribution in [0.5, 0.6) is 11.5 Å². The Morgan fingerprint density at radius 2 is 1.64 bits per heavy atom. The van der Waals surface area contributed by atoms with E-state index in [9.17, 15) is 19.1 Å². The van der Waals surface area contributed by atoms with E-state index in [1.165, 1.54) is 24.3 Å². The van der Waals surface area contributed by atoms with Crippen LogP contribution in [-0.4, -0.2) is 60.6 Å². The third kappa shape index (κ3) is 7.27. The number of likely N-dealkylation sites (tertiary alicyclic amines) is 1. The molecule has 2 aromatic rings. The van der Waals surface area contributed by atoms with Gasteiger partial charge in [-0.25, -0.2) is 4.39 Å². The van der Waals surface area contributed by atoms with Crippen molar-refractivity contribution >= 4 is 11.7 Å². The third-order valence-electron chi connectivity index (χ3n) is 6.76. The number of Topliss-reactive ketones (excluding diaryl/α,β-unsaturated/α-hetero) is 1. The number of nitrogens with zero attached hydrogens (tertiary/aromatic N) is 1. The van der Waals surface area contributed by atoms with Gasteiger partial charge in [0, 0.05) is 24.9 Å². The van der Waals surface area contributed by atoms with Gasteiger partial charge in [-0.2, -0.15) is 0 Å². The highest BCUT2D eigenvalue weighted by atomic mass is 19.1. The number of aliphatic hydroxyl groups is 1. The Kier molecular flexibility index (Phi) is 9.30. The zero-order valence-electron chi connectivity index (χ0n) is 20.6. The van der Waals surface area contributed by atoms with Crippen LogP contribution in [0.15, 0.2) is 42.5 Å². The first kappa shape index (κ1) is 26.1. The van der Waals surface area contributed by atoms with Gasteiger partial charge in [0.05, 0.1) is 6.04 Å². The number of carbonyl (C=O) groups excluding carboxylic acids is 2. The summed E-state index contributed by atoms with van der Waals surface area (Å²) in [7, 11) is 0. The second-order valence-electron chi connectivity index (χ2n) is 9.52. The molecule has 2 aliphatic rings. The number of hydrogen-bond acceptors (Lipinski definition) is 6. The number of ketones is 1. The Morgan fingerprint density at radius 3 is 2.39 bits per heavy atom. The fraction of sp³-hybridized carbons (Fsp3) is 0.500. The second kappa shape index (κ2) is 12.8. The van der Waals surface area contributed by atoms with Crippen LogP contribution >= 0.6 is 0 Å². The molecular formula is C28H35FN2O5. The second-order valence-corrected chi connectivity index (χ2v) is 9.52. The molecule has 0 spiro atoms. The number of carbonyl (C=O) groups is 2. The van der Waals surface area contributed by atoms with E-state index < -0.39 is 12.1 Å². The number of benzene rings is 2. The van der Waals surface area contributed by atoms with Crippen molar-refractivity contribution in [3.05, 3.63) is 59.4 Å². The summed E-state index contributed by atoms with van der Waals surface area (Å²) in [4.78, 5) is 27.2. The van der Waals surface area contributed by atoms with Crippen molar-refractivity contribution in [1.82, 2.24) is 10.2 Å². The molecule has 2 atom stereocenters. The Morgan fingerprint density at radius 1 is 0.944 bits per heavy atom. The minimum Gasteiger partial charge on any atom is -0.486 e. The molecule has 0 bridgehead atoms. The molecule has 0 aromatic heterocycles. The normalized spacial score (nSPS) is 16.9. The monoisotopic (exact) mass is 498 g/mol. The fourth-order valence-corrected chi connectivity index (χ4v) is 4.75. The number of ether oxygens (including phenoxy) is 2. The first-order valence-electron chi connectivity index (χ1n) is 12.9. The van der Waals surface area contributed by atoms with Gasteiger partial charge in [0.15, 0.2) is 17.3 Å². The van der Waals surface area contributed by atoms with Crippen molar-refractivity contribution in [2.24, 2.45) is 0 Å². The first-order valence-corrected chi connectivity index (χ1v) is 12.9. The number of hydrogen-bond donors (Lipinski definition) is 2. The van der Waals surface area contributed by atoms with E-state index in [0.29, 0.717) is 68.1 Å². The van der Waals surface area contributed by atoms with Crippen molar-refractivity contribution in [2.45, 2.75) is 57.1 Å². The summed E-state index contributed by atoms with van der Waals surface area (Å²) in [5, 5.41) is 14.2. The van der Waals surface area contributed by atoms with Gasteiger partial charge in [-0.3, -0.25) is 9.59 Å². The third-order valence-corrected chi connectivity index (χ3v) is 6.76. The summed E-state index contributed by atoms with van der Waals surface area (Å²) in [5.74, 6) is 0.780. The van der Waals surface area contributed by atoms with Gasteiger partial charge in [-0.05, 0) is 80.7 Å². The zero-order valence-corrected chi connectivity index (χ0v) is 20.6. The quantitative estimate of drug-likeness (QED) is 0.339. The van der Waals surface area contributed by atoms with Crippen LogP contribution in [0.4, 0.5) is 4.39 Å². The number of halogens is 1. The Balaban J connectivity index is 1.27. The maximum atomic E-state index is 13.0. The Bertz CT molecular complexity index is 1020. The van der Waals surface area contributed by atoms with E-state index in [4.69, 9.17) is 9.47 Å². The predicted molar refractivity (Wildman–Crippen MR) is 134 cm³/mol. The zero-order chi connectivity index (χ0) is 25.3. The molecule has 0 radical (unpaired) electrons. The molecule has 7 nitrogen and oxygen atoms in total. The summed E-state index contributed by atoms with van der Waals surface area (Å²) < 4.78 is 24.3. The summed E-state index contributed by atoms with van der Waals surface area (Å²) in [6, 6.07) is 10.5. The number of rotatable bonds is 12. The highest BCUT2D eigenvalue weighted by Gasteiger charge is 2.27. The summed E-state index contributed by atoms with van der Waals surface area (Å²) in [6.45, 7) is 3.47. The van der Waals surface area contributed by atoms with Gasteiger partial charge in [0.1, 0.15) is 25.1 Å². The molecule has 2 N–H and O–H groups in total. The average molecular weight is 499 g/mol. The molecule has 1 fully saturated rings. The summed E-state index contributed by atoms with van der Waals surface area (Å²) >= 11 is 0. The van der Waals surface area contributed by atoms with Crippen molar-refractivity contribution < 1.29 is 28.6 Å². The number of aliphatic hydroxyl groups excluding tert-OH is 1. The van der Waals surface area contributed by atoms with Crippen LogP contribution in [0.1, 0.15) is 67.0 Å². The van der Waals surface area contributed by atoms with Crippen LogP contribution in [0.2, 0.25) is 0 Å². The first-order chi connectivity index (χ1) is 17.5. The summed E-state index contributed by atoms with van der Waals surface area (Å²) in [6.07, 6.45) is 4.12. The molecule has 2 unspecified atom stereocenters. The van der Waals surface area contributed by atoms with E-state index >= 15 is 0 Å². The molecule has 1 saturated heterocycles. The van der Waals surface area contributed by atoms with Crippen molar-refractivity contribution in [3.8, 4) is 11.5 Å². The van der Waals surface area contributed by atoms with Gasteiger partial charge in [0.25, 0.3) is 0 Å². The lowest BCUT2D eigenvalue weighted by molar-refractivity contribution is -0.123. The molecule has 0 aliphatic carbocycles. The summed E-state index contributed by atoms with van der Waals surface area (Å²) in [5.41, 5.74) is 1.19. The molecule has 2 heterocycles. The van der Waals surface area contributed by atoms with Gasteiger partial charge < -0.3 is 24.8 Å². The van der Waals surface area contributed by atoms with Crippen molar-refractivity contribution in [3.63, 3.8) is 0 Å². The van der Waals surface area contributed by atoms with Crippen LogP contribution in [0.25, 0.3) is 0 Å². The highest BCUT2D eigenvalue weighted by molar-refractivity contribution is 5.95. The standard InChI is InChI=1S/C28H35FN2O5/c29-22-11-8-20(9-12-22)24(32)6-2-1-3-7-27(33)30-23(19-31-14-4-5-15-31)28(34)21-10-13-25-26(18-21)36-17-16-35-25/h8-13,18,23,28,34H,1-7,14-17,19H2,(H,30,33). The lowest BCUT2D eigenvalue weighted by Crippen LogP contribution is -2.46. The van der Waals surface area contributed by atoms with Crippen LogP contribution in [0, 0.1) is 5.82 Å². The minimum atomic E-state index is -0.876. The maximum Gasteiger partial charge on any atom is 0.220 e. The fourth-order valence-electron chi connectivity index (χ4n) is 4.75. The van der Waals surface area contributed by atoms with E-state index in [0.717, 1.165) is 32.4 Å². The van der Waals surface area contributed by atoms with Crippen LogP contribution in [0.3, 0.4) is 0 Å². The molecule has 8 heteroatoms. The van der Waals surface area contributed by atoms with Gasteiger partial charge in [0.2, 0.25) is 5.91 Å². The number of nitrogens with one attached hydrogen (secondary N) is 1. The van der Waals surface area contributed by atoms with Crippen LogP contribution < -0.4 is 14.8 Å². The van der Waals surface area contributed by atoms with Crippen molar-refractivity contribution in [2.75, 3.05) is 32.8 Å². The highest BCUT2D eigenvalue weighted by Crippen LogP contribution is 2.33. The Hall–Kier alpha value is -2.97. The minimum absolute atomic E-state index is 0.0207. The van der Waals surface area contributed by atoms with Crippen molar-refractivity contribution in [1.29, 1.82) is 0 Å². The van der Waals surface area contributed by atoms with Crippen LogP contribution in [-0.2, 0) is 4.79 Å². The molecule has 194 valence electrons. The molecule has 1 amide bonds. The molecular weight excluding hydrogens is 463 g/mol. The largest absolute Gasteiger partial charge is 0.486 e. The molecule has 4 rings (SSSR count). The molecule has 0 saturated carbocycles. The lowest BCUT2D eigenvalue weighted by Gasteiger charge is -2.29. The van der Waals surface area contributed by atoms with E-state index in [-0.39, 0.29) is 17.5 Å². The van der Waals surface area contributed by atoms with Gasteiger partial charge >= 0.3 is 0 Å². The van der Waals surface area contributed by atoms with Gasteiger partial charge in [-0.15, -0.1) is 0 Å². The number of unbranched alkanes of at least 4 members (excludes halogenated alkanes) is 2. The maximum absolute atomic E-state index is 13.0. The SMILES string of the molecule is O=C(CCCCCC(=O)c1ccc(F)cc1)NC(CN1CCCC1)C(O)c1ccc2c(c1)OCCO2. The van der Waals surface area contributed by atoms with E-state index in [1.54, 1.807) is 12.1 Å². The Labute approximate surface area is 211 Å². The average Bonchev–Trinajstić information content (AvgIpc) is 3.41. The van der Waals surface area contributed by atoms with E-state index in [2.05, 4.69) is 10.2 Å².